The first-order valence-corrected chi connectivity index (χ1v) is 7.66. The Morgan fingerprint density at radius 2 is 1.47 bits per heavy atom. The SMILES string of the molecule is CC(C)(C)CCCC[C@]1(C)CCCCC1(C)C. The van der Waals surface area contributed by atoms with Gasteiger partial charge in [0.2, 0.25) is 0 Å². The zero-order valence-electron chi connectivity index (χ0n) is 13.2. The Morgan fingerprint density at radius 3 is 2.00 bits per heavy atom. The van der Waals surface area contributed by atoms with Crippen LogP contribution in [-0.2, 0) is 0 Å². The van der Waals surface area contributed by atoms with E-state index in [2.05, 4.69) is 41.5 Å². The van der Waals surface area contributed by atoms with Gasteiger partial charge in [-0.15, -0.1) is 0 Å². The number of hydrogen-bond donors (Lipinski definition) is 0. The molecule has 0 spiro atoms. The molecule has 0 aromatic heterocycles. The maximum atomic E-state index is 2.54. The first-order chi connectivity index (χ1) is 7.66. The monoisotopic (exact) mass is 238 g/mol. The van der Waals surface area contributed by atoms with Crippen LogP contribution in [0.1, 0.15) is 92.9 Å². The summed E-state index contributed by atoms with van der Waals surface area (Å²) in [5.41, 5.74) is 1.68. The fourth-order valence-corrected chi connectivity index (χ4v) is 3.36. The van der Waals surface area contributed by atoms with E-state index in [1.807, 2.05) is 0 Å². The van der Waals surface area contributed by atoms with E-state index in [0.29, 0.717) is 16.2 Å². The summed E-state index contributed by atoms with van der Waals surface area (Å²) in [6, 6.07) is 0. The molecule has 1 saturated carbocycles. The van der Waals surface area contributed by atoms with Crippen molar-refractivity contribution in [3.05, 3.63) is 0 Å². The topological polar surface area (TPSA) is 0 Å². The summed E-state index contributed by atoms with van der Waals surface area (Å²) in [4.78, 5) is 0. The average molecular weight is 238 g/mol. The Hall–Kier alpha value is 0. The lowest BCUT2D eigenvalue weighted by Gasteiger charge is -2.48. The van der Waals surface area contributed by atoms with Gasteiger partial charge in [-0.1, -0.05) is 67.2 Å². The summed E-state index contributed by atoms with van der Waals surface area (Å²) in [7, 11) is 0. The van der Waals surface area contributed by atoms with Crippen LogP contribution in [0.3, 0.4) is 0 Å². The number of unbranched alkanes of at least 4 members (excludes halogenated alkanes) is 1. The van der Waals surface area contributed by atoms with Gasteiger partial charge in [-0.05, 0) is 41.9 Å². The van der Waals surface area contributed by atoms with Gasteiger partial charge >= 0.3 is 0 Å². The zero-order chi connectivity index (χ0) is 13.2. The van der Waals surface area contributed by atoms with Gasteiger partial charge in [-0.25, -0.2) is 0 Å². The van der Waals surface area contributed by atoms with Crippen molar-refractivity contribution in [3.8, 4) is 0 Å². The van der Waals surface area contributed by atoms with Gasteiger partial charge in [0.1, 0.15) is 0 Å². The molecule has 0 aromatic carbocycles. The summed E-state index contributed by atoms with van der Waals surface area (Å²) in [5, 5.41) is 0. The third kappa shape index (κ3) is 4.30. The van der Waals surface area contributed by atoms with Gasteiger partial charge in [-0.3, -0.25) is 0 Å². The smallest absolute Gasteiger partial charge is 0.0275 e. The molecule has 0 aromatic rings. The van der Waals surface area contributed by atoms with E-state index in [0.717, 1.165) is 0 Å². The van der Waals surface area contributed by atoms with Crippen molar-refractivity contribution in [2.75, 3.05) is 0 Å². The van der Waals surface area contributed by atoms with Gasteiger partial charge < -0.3 is 0 Å². The minimum absolute atomic E-state index is 0.517. The third-order valence-corrected chi connectivity index (χ3v) is 5.32. The normalized spacial score (nSPS) is 29.3. The van der Waals surface area contributed by atoms with Crippen molar-refractivity contribution >= 4 is 0 Å². The van der Waals surface area contributed by atoms with Crippen molar-refractivity contribution in [2.45, 2.75) is 92.9 Å². The van der Waals surface area contributed by atoms with E-state index < -0.39 is 0 Å². The average Bonchev–Trinajstić information content (AvgIpc) is 2.16. The third-order valence-electron chi connectivity index (χ3n) is 5.32. The van der Waals surface area contributed by atoms with Crippen LogP contribution in [0.4, 0.5) is 0 Å². The highest BCUT2D eigenvalue weighted by molar-refractivity contribution is 4.92. The first-order valence-electron chi connectivity index (χ1n) is 7.66. The van der Waals surface area contributed by atoms with Crippen LogP contribution < -0.4 is 0 Å². The minimum Gasteiger partial charge on any atom is -0.0602 e. The summed E-state index contributed by atoms with van der Waals surface area (Å²) in [6.45, 7) is 14.6. The minimum atomic E-state index is 0.517. The predicted octanol–water partition coefficient (Wildman–Crippen LogP) is 6.20. The highest BCUT2D eigenvalue weighted by atomic mass is 14.5. The van der Waals surface area contributed by atoms with Crippen LogP contribution >= 0.6 is 0 Å². The predicted molar refractivity (Wildman–Crippen MR) is 78.3 cm³/mol. The molecule has 0 heteroatoms. The molecular formula is C17H34. The second-order valence-electron chi connectivity index (χ2n) is 8.42. The Bertz CT molecular complexity index is 231. The van der Waals surface area contributed by atoms with E-state index in [-0.39, 0.29) is 0 Å². The maximum absolute atomic E-state index is 2.54. The van der Waals surface area contributed by atoms with Crippen LogP contribution in [0.15, 0.2) is 0 Å². The highest BCUT2D eigenvalue weighted by Gasteiger charge is 2.41. The molecule has 0 saturated heterocycles. The maximum Gasteiger partial charge on any atom is -0.0275 e. The van der Waals surface area contributed by atoms with Crippen LogP contribution in [-0.4, -0.2) is 0 Å². The fourth-order valence-electron chi connectivity index (χ4n) is 3.36. The standard InChI is InChI=1S/C17H34/c1-15(2,3)11-7-9-13-17(6)14-10-8-12-16(17,4)5/h7-14H2,1-6H3/t17-/m1/s1. The lowest BCUT2D eigenvalue weighted by atomic mass is 9.57. The second-order valence-corrected chi connectivity index (χ2v) is 8.42. The van der Waals surface area contributed by atoms with Gasteiger partial charge in [0.05, 0.1) is 0 Å². The molecule has 0 nitrogen and oxygen atoms in total. The molecule has 1 aliphatic carbocycles. The Morgan fingerprint density at radius 1 is 0.882 bits per heavy atom. The van der Waals surface area contributed by atoms with Gasteiger partial charge in [0, 0.05) is 0 Å². The van der Waals surface area contributed by atoms with E-state index >= 15 is 0 Å². The van der Waals surface area contributed by atoms with Crippen molar-refractivity contribution in [1.82, 2.24) is 0 Å². The molecular weight excluding hydrogens is 204 g/mol. The zero-order valence-corrected chi connectivity index (χ0v) is 13.2. The van der Waals surface area contributed by atoms with Gasteiger partial charge in [-0.2, -0.15) is 0 Å². The van der Waals surface area contributed by atoms with Crippen LogP contribution in [0.5, 0.6) is 0 Å². The summed E-state index contributed by atoms with van der Waals surface area (Å²) >= 11 is 0. The molecule has 0 amide bonds. The first kappa shape index (κ1) is 15.1. The molecule has 0 heterocycles. The highest BCUT2D eigenvalue weighted by Crippen LogP contribution is 2.52. The molecule has 102 valence electrons. The molecule has 17 heavy (non-hydrogen) atoms. The molecule has 1 atom stereocenters. The lowest BCUT2D eigenvalue weighted by molar-refractivity contribution is 0.0219. The number of hydrogen-bond acceptors (Lipinski definition) is 0. The van der Waals surface area contributed by atoms with Crippen LogP contribution in [0, 0.1) is 16.2 Å². The van der Waals surface area contributed by atoms with Crippen LogP contribution in [0.25, 0.3) is 0 Å². The van der Waals surface area contributed by atoms with E-state index in [9.17, 15) is 0 Å². The van der Waals surface area contributed by atoms with Crippen molar-refractivity contribution < 1.29 is 0 Å². The molecule has 0 unspecified atom stereocenters. The molecule has 0 aliphatic heterocycles. The molecule has 1 fully saturated rings. The van der Waals surface area contributed by atoms with E-state index in [4.69, 9.17) is 0 Å². The quantitative estimate of drug-likeness (QED) is 0.511. The van der Waals surface area contributed by atoms with Crippen molar-refractivity contribution in [2.24, 2.45) is 16.2 Å². The molecule has 0 radical (unpaired) electrons. The number of rotatable bonds is 4. The Balaban J connectivity index is 2.38. The molecule has 1 rings (SSSR count). The van der Waals surface area contributed by atoms with Gasteiger partial charge in [0.15, 0.2) is 0 Å². The largest absolute Gasteiger partial charge is 0.0602 e. The van der Waals surface area contributed by atoms with Crippen LogP contribution in [0.2, 0.25) is 0 Å². The fraction of sp³-hybridized carbons (Fsp3) is 1.00. The van der Waals surface area contributed by atoms with Crippen molar-refractivity contribution in [1.29, 1.82) is 0 Å². The second kappa shape index (κ2) is 5.33. The Kier molecular flexibility index (Phi) is 4.72. The molecule has 0 bridgehead atoms. The lowest BCUT2D eigenvalue weighted by Crippen LogP contribution is -2.38. The van der Waals surface area contributed by atoms with Gasteiger partial charge in [0.25, 0.3) is 0 Å². The summed E-state index contributed by atoms with van der Waals surface area (Å²) in [5.74, 6) is 0. The molecule has 1 aliphatic rings. The molecule has 0 N–H and O–H groups in total. The van der Waals surface area contributed by atoms with Crippen molar-refractivity contribution in [3.63, 3.8) is 0 Å². The summed E-state index contributed by atoms with van der Waals surface area (Å²) in [6.07, 6.45) is 11.5. The summed E-state index contributed by atoms with van der Waals surface area (Å²) < 4.78 is 0. The van der Waals surface area contributed by atoms with E-state index in [1.54, 1.807) is 0 Å². The van der Waals surface area contributed by atoms with E-state index in [1.165, 1.54) is 51.4 Å². The Labute approximate surface area is 110 Å².